The number of carbonyl (C=O) groups excluding carboxylic acids is 1. The first-order valence-electron chi connectivity index (χ1n) is 5.50. The predicted octanol–water partition coefficient (Wildman–Crippen LogP) is 2.68. The van der Waals surface area contributed by atoms with E-state index in [0.29, 0.717) is 29.2 Å². The molecule has 0 aliphatic heterocycles. The van der Waals surface area contributed by atoms with Crippen molar-refractivity contribution in [2.24, 2.45) is 0 Å². The molecule has 0 saturated heterocycles. The lowest BCUT2D eigenvalue weighted by molar-refractivity contribution is 0.0938. The molecule has 2 rings (SSSR count). The molecular formula is C13H12N2O3. The summed E-state index contributed by atoms with van der Waals surface area (Å²) in [6.07, 6.45) is 4.52. The van der Waals surface area contributed by atoms with Crippen molar-refractivity contribution in [2.45, 2.75) is 13.8 Å². The fraction of sp³-hybridized carbons (Fsp3) is 0.231. The molecule has 0 unspecified atom stereocenters. The number of rotatable bonds is 3. The van der Waals surface area contributed by atoms with Crippen molar-refractivity contribution in [3.8, 4) is 23.1 Å². The van der Waals surface area contributed by atoms with Gasteiger partial charge >= 0.3 is 0 Å². The molecule has 18 heavy (non-hydrogen) atoms. The third kappa shape index (κ3) is 1.89. The third-order valence-corrected chi connectivity index (χ3v) is 2.52. The molecule has 0 saturated carbocycles. The van der Waals surface area contributed by atoms with Gasteiger partial charge in [0.2, 0.25) is 5.91 Å². The number of ether oxygens (including phenoxy) is 1. The summed E-state index contributed by atoms with van der Waals surface area (Å²) < 4.78 is 11.8. The average Bonchev–Trinajstić information content (AvgIpc) is 2.94. The highest BCUT2D eigenvalue weighted by Crippen LogP contribution is 2.32. The summed E-state index contributed by atoms with van der Waals surface area (Å²) in [5.41, 5.74) is 1.52. The van der Waals surface area contributed by atoms with Gasteiger partial charge in [-0.1, -0.05) is 0 Å². The second-order valence-corrected chi connectivity index (χ2v) is 3.66. The van der Waals surface area contributed by atoms with Crippen LogP contribution in [0.4, 0.5) is 0 Å². The molecule has 0 spiro atoms. The molecule has 2 aromatic heterocycles. The Bertz CT molecular complexity index is 603. The van der Waals surface area contributed by atoms with Crippen LogP contribution >= 0.6 is 0 Å². The SMILES string of the molecule is CCOc1cn(C(C)=O)c(-c2ccoc2)c1C#N. The van der Waals surface area contributed by atoms with Gasteiger partial charge in [-0.3, -0.25) is 9.36 Å². The summed E-state index contributed by atoms with van der Waals surface area (Å²) in [6, 6.07) is 3.77. The zero-order valence-electron chi connectivity index (χ0n) is 10.1. The van der Waals surface area contributed by atoms with Crippen LogP contribution in [0.2, 0.25) is 0 Å². The fourth-order valence-corrected chi connectivity index (χ4v) is 1.79. The monoisotopic (exact) mass is 244 g/mol. The van der Waals surface area contributed by atoms with Crippen molar-refractivity contribution in [2.75, 3.05) is 6.61 Å². The lowest BCUT2D eigenvalue weighted by atomic mass is 10.1. The standard InChI is InChI=1S/C13H12N2O3/c1-3-18-12-7-15(9(2)16)13(11(12)6-14)10-4-5-17-8-10/h4-5,7-8H,3H2,1-2H3. The third-order valence-electron chi connectivity index (χ3n) is 2.52. The second-order valence-electron chi connectivity index (χ2n) is 3.66. The molecule has 0 radical (unpaired) electrons. The molecular weight excluding hydrogens is 232 g/mol. The van der Waals surface area contributed by atoms with Crippen molar-refractivity contribution in [1.82, 2.24) is 4.57 Å². The van der Waals surface area contributed by atoms with Crippen molar-refractivity contribution in [3.63, 3.8) is 0 Å². The van der Waals surface area contributed by atoms with Crippen LogP contribution in [0.1, 0.15) is 24.2 Å². The number of hydrogen-bond acceptors (Lipinski definition) is 4. The maximum atomic E-state index is 11.6. The highest BCUT2D eigenvalue weighted by atomic mass is 16.5. The van der Waals surface area contributed by atoms with E-state index in [-0.39, 0.29) is 5.91 Å². The Morgan fingerprint density at radius 1 is 1.61 bits per heavy atom. The van der Waals surface area contributed by atoms with Crippen molar-refractivity contribution >= 4 is 5.91 Å². The van der Waals surface area contributed by atoms with Gasteiger partial charge in [0, 0.05) is 12.5 Å². The van der Waals surface area contributed by atoms with Crippen molar-refractivity contribution < 1.29 is 13.9 Å². The number of nitrogens with zero attached hydrogens (tertiary/aromatic N) is 2. The van der Waals surface area contributed by atoms with E-state index in [2.05, 4.69) is 6.07 Å². The Hall–Kier alpha value is -2.48. The molecule has 5 nitrogen and oxygen atoms in total. The molecule has 0 bridgehead atoms. The van der Waals surface area contributed by atoms with Gasteiger partial charge in [-0.05, 0) is 13.0 Å². The van der Waals surface area contributed by atoms with Crippen LogP contribution in [0.3, 0.4) is 0 Å². The largest absolute Gasteiger partial charge is 0.491 e. The minimum absolute atomic E-state index is 0.186. The minimum atomic E-state index is -0.186. The summed E-state index contributed by atoms with van der Waals surface area (Å²) in [7, 11) is 0. The van der Waals surface area contributed by atoms with E-state index in [0.717, 1.165) is 0 Å². The molecule has 0 aliphatic rings. The zero-order chi connectivity index (χ0) is 13.1. The number of carbonyl (C=O) groups is 1. The van der Waals surface area contributed by atoms with E-state index in [1.54, 1.807) is 6.07 Å². The predicted molar refractivity (Wildman–Crippen MR) is 64.3 cm³/mol. The lowest BCUT2D eigenvalue weighted by Gasteiger charge is -2.02. The molecule has 5 heteroatoms. The van der Waals surface area contributed by atoms with Gasteiger partial charge in [0.05, 0.1) is 31.0 Å². The maximum Gasteiger partial charge on any atom is 0.228 e. The smallest absolute Gasteiger partial charge is 0.228 e. The topological polar surface area (TPSA) is 68.2 Å². The molecule has 0 aromatic carbocycles. The van der Waals surface area contributed by atoms with Crippen LogP contribution in [-0.2, 0) is 0 Å². The van der Waals surface area contributed by atoms with Gasteiger partial charge in [-0.25, -0.2) is 0 Å². The molecule has 0 atom stereocenters. The van der Waals surface area contributed by atoms with Crippen LogP contribution in [-0.4, -0.2) is 17.1 Å². The van der Waals surface area contributed by atoms with Crippen LogP contribution in [0.15, 0.2) is 29.2 Å². The highest BCUT2D eigenvalue weighted by Gasteiger charge is 2.21. The number of hydrogen-bond donors (Lipinski definition) is 0. The van der Waals surface area contributed by atoms with E-state index in [1.165, 1.54) is 30.2 Å². The molecule has 0 aliphatic carbocycles. The number of aromatic nitrogens is 1. The summed E-state index contributed by atoms with van der Waals surface area (Å²) in [6.45, 7) is 3.69. The highest BCUT2D eigenvalue weighted by molar-refractivity contribution is 5.86. The molecule has 0 amide bonds. The Morgan fingerprint density at radius 3 is 2.89 bits per heavy atom. The minimum Gasteiger partial charge on any atom is -0.491 e. The Labute approximate surface area is 104 Å². The first kappa shape index (κ1) is 12.0. The lowest BCUT2D eigenvalue weighted by Crippen LogP contribution is -2.05. The summed E-state index contributed by atoms with van der Waals surface area (Å²) in [5.74, 6) is 0.222. The Kier molecular flexibility index (Phi) is 3.20. The average molecular weight is 244 g/mol. The van der Waals surface area contributed by atoms with Gasteiger partial charge in [-0.15, -0.1) is 0 Å². The van der Waals surface area contributed by atoms with Gasteiger partial charge in [0.25, 0.3) is 0 Å². The number of nitriles is 1. The molecule has 2 heterocycles. The van der Waals surface area contributed by atoms with Gasteiger partial charge in [0.15, 0.2) is 5.75 Å². The first-order valence-corrected chi connectivity index (χ1v) is 5.50. The normalized spacial score (nSPS) is 10.1. The first-order chi connectivity index (χ1) is 8.69. The maximum absolute atomic E-state index is 11.6. The molecule has 0 N–H and O–H groups in total. The van der Waals surface area contributed by atoms with Gasteiger partial charge < -0.3 is 9.15 Å². The van der Waals surface area contributed by atoms with E-state index < -0.39 is 0 Å². The second kappa shape index (κ2) is 4.80. The van der Waals surface area contributed by atoms with E-state index >= 15 is 0 Å². The fourth-order valence-electron chi connectivity index (χ4n) is 1.79. The van der Waals surface area contributed by atoms with Gasteiger partial charge in [-0.2, -0.15) is 5.26 Å². The van der Waals surface area contributed by atoms with Gasteiger partial charge in [0.1, 0.15) is 11.6 Å². The molecule has 2 aromatic rings. The van der Waals surface area contributed by atoms with Crippen LogP contribution < -0.4 is 4.74 Å². The van der Waals surface area contributed by atoms with Crippen LogP contribution in [0.5, 0.6) is 5.75 Å². The van der Waals surface area contributed by atoms with E-state index in [9.17, 15) is 10.1 Å². The van der Waals surface area contributed by atoms with Crippen molar-refractivity contribution in [3.05, 3.63) is 30.4 Å². The van der Waals surface area contributed by atoms with Crippen LogP contribution in [0.25, 0.3) is 11.3 Å². The van der Waals surface area contributed by atoms with E-state index in [1.807, 2.05) is 6.92 Å². The molecule has 92 valence electrons. The van der Waals surface area contributed by atoms with Crippen molar-refractivity contribution in [1.29, 1.82) is 5.26 Å². The quantitative estimate of drug-likeness (QED) is 0.832. The Morgan fingerprint density at radius 2 is 2.39 bits per heavy atom. The van der Waals surface area contributed by atoms with E-state index in [4.69, 9.17) is 9.15 Å². The Balaban J connectivity index is 2.68. The van der Waals surface area contributed by atoms with Crippen LogP contribution in [0, 0.1) is 11.3 Å². The zero-order valence-corrected chi connectivity index (χ0v) is 10.1. The molecule has 0 fully saturated rings. The summed E-state index contributed by atoms with van der Waals surface area (Å²) in [5, 5.41) is 9.23. The summed E-state index contributed by atoms with van der Waals surface area (Å²) >= 11 is 0. The number of furan rings is 1. The summed E-state index contributed by atoms with van der Waals surface area (Å²) in [4.78, 5) is 11.6.